The zero-order valence-corrected chi connectivity index (χ0v) is 31.0. The second-order valence-corrected chi connectivity index (χ2v) is 13.8. The lowest BCUT2D eigenvalue weighted by atomic mass is 9.80. The molecule has 6 rings (SSSR count). The molecule has 5 aromatic rings. The van der Waals surface area contributed by atoms with E-state index in [1.165, 1.54) is 52.7 Å². The normalized spacial score (nSPS) is 14.6. The predicted molar refractivity (Wildman–Crippen MR) is 210 cm³/mol. The van der Waals surface area contributed by atoms with Gasteiger partial charge in [0.05, 0.1) is 37.8 Å². The van der Waals surface area contributed by atoms with E-state index in [0.29, 0.717) is 62.2 Å². The Morgan fingerprint density at radius 3 is 1.88 bits per heavy atom. The number of phenolic OH excluding ortho intramolecular Hbond substituents is 2. The molecule has 9 nitrogen and oxygen atoms in total. The molecule has 270 valence electrons. The van der Waals surface area contributed by atoms with E-state index in [2.05, 4.69) is 19.2 Å². The fourth-order valence-corrected chi connectivity index (χ4v) is 8.29. The Balaban J connectivity index is 1.83. The second kappa shape index (κ2) is 14.8. The fourth-order valence-electron chi connectivity index (χ4n) is 8.29. The number of anilines is 1. The zero-order valence-electron chi connectivity index (χ0n) is 31.0. The number of ether oxygens (including phenoxy) is 3. The van der Waals surface area contributed by atoms with E-state index in [1.807, 2.05) is 19.9 Å². The van der Waals surface area contributed by atoms with Crippen molar-refractivity contribution in [3.05, 3.63) is 49.3 Å². The van der Waals surface area contributed by atoms with Crippen molar-refractivity contribution in [2.75, 3.05) is 39.7 Å². The summed E-state index contributed by atoms with van der Waals surface area (Å²) in [6.45, 7) is 9.62. The molecule has 0 saturated carbocycles. The number of benzene rings is 5. The molecule has 1 aliphatic rings. The van der Waals surface area contributed by atoms with E-state index in [1.54, 1.807) is 0 Å². The Morgan fingerprint density at radius 2 is 1.29 bits per heavy atom. The van der Waals surface area contributed by atoms with Crippen molar-refractivity contribution >= 4 is 60.6 Å². The van der Waals surface area contributed by atoms with Gasteiger partial charge in [0.2, 0.25) is 0 Å². The number of hydrogen-bond acceptors (Lipinski definition) is 9. The van der Waals surface area contributed by atoms with Gasteiger partial charge >= 0.3 is 0 Å². The van der Waals surface area contributed by atoms with Crippen LogP contribution in [0, 0.1) is 0 Å². The van der Waals surface area contributed by atoms with Crippen molar-refractivity contribution in [1.29, 1.82) is 0 Å². The minimum atomic E-state index is -0.448. The lowest BCUT2D eigenvalue weighted by Crippen LogP contribution is -2.15. The average Bonchev–Trinajstić information content (AvgIpc) is 3.24. The summed E-state index contributed by atoms with van der Waals surface area (Å²) in [5.41, 5.74) is 2.71. The van der Waals surface area contributed by atoms with Crippen molar-refractivity contribution in [3.63, 3.8) is 0 Å². The van der Waals surface area contributed by atoms with E-state index in [0.717, 1.165) is 49.8 Å². The smallest absolute Gasteiger partial charge is 0.194 e. The van der Waals surface area contributed by atoms with Gasteiger partial charge in [-0.25, -0.2) is 0 Å². The maximum absolute atomic E-state index is 14.0. The molecule has 0 aromatic heterocycles. The maximum Gasteiger partial charge on any atom is 0.194 e. The number of hydrogen-bond donors (Lipinski definition) is 3. The zero-order chi connectivity index (χ0) is 36.6. The van der Waals surface area contributed by atoms with Gasteiger partial charge in [-0.2, -0.15) is 0 Å². The fraction of sp³-hybridized carbons (Fsp3) is 0.452. The number of aromatic hydroxyl groups is 2. The number of aliphatic imine (C=N–C) groups is 1. The predicted octanol–water partition coefficient (Wildman–Crippen LogP) is 9.26. The monoisotopic (exact) mass is 694 g/mol. The molecule has 1 aliphatic carbocycles. The Hall–Kier alpha value is -4.79. The summed E-state index contributed by atoms with van der Waals surface area (Å²) in [5.74, 6) is -0.128. The molecule has 0 radical (unpaired) electrons. The number of allylic oxidation sites excluding steroid dienone is 1. The van der Waals surface area contributed by atoms with Crippen LogP contribution in [0.15, 0.2) is 32.3 Å². The number of phenols is 2. The molecule has 51 heavy (non-hydrogen) atoms. The first kappa shape index (κ1) is 36.0. The molecule has 0 amide bonds. The van der Waals surface area contributed by atoms with Crippen LogP contribution in [-0.4, -0.2) is 50.3 Å². The molecule has 0 fully saturated rings. The number of nitrogens with zero attached hydrogens (tertiary/aromatic N) is 1. The quantitative estimate of drug-likeness (QED) is 0.0307. The Labute approximate surface area is 298 Å². The van der Waals surface area contributed by atoms with Crippen molar-refractivity contribution in [3.8, 4) is 28.7 Å². The molecule has 3 N–H and O–H groups in total. The Kier molecular flexibility index (Phi) is 10.5. The van der Waals surface area contributed by atoms with Crippen molar-refractivity contribution in [1.82, 2.24) is 0 Å². The molecule has 0 spiro atoms. The van der Waals surface area contributed by atoms with Crippen molar-refractivity contribution in [2.45, 2.75) is 91.4 Å². The van der Waals surface area contributed by atoms with E-state index < -0.39 is 16.8 Å². The first-order chi connectivity index (χ1) is 24.7. The Morgan fingerprint density at radius 1 is 0.725 bits per heavy atom. The van der Waals surface area contributed by atoms with Gasteiger partial charge in [-0.3, -0.25) is 14.6 Å². The number of fused-ring (bicyclic) bond motifs is 1. The van der Waals surface area contributed by atoms with Gasteiger partial charge in [0.25, 0.3) is 0 Å². The first-order valence-electron chi connectivity index (χ1n) is 18.3. The van der Waals surface area contributed by atoms with Crippen LogP contribution in [0.5, 0.6) is 28.7 Å². The van der Waals surface area contributed by atoms with Crippen LogP contribution in [0.3, 0.4) is 0 Å². The highest BCUT2D eigenvalue weighted by atomic mass is 16.5. The summed E-state index contributed by atoms with van der Waals surface area (Å²) < 4.78 is 17.8. The third-order valence-corrected chi connectivity index (χ3v) is 10.6. The van der Waals surface area contributed by atoms with Crippen LogP contribution in [0.4, 0.5) is 5.69 Å². The molecule has 0 heterocycles. The molecular weight excluding hydrogens is 644 g/mol. The van der Waals surface area contributed by atoms with Crippen molar-refractivity contribution in [2.24, 2.45) is 4.99 Å². The van der Waals surface area contributed by atoms with Crippen LogP contribution >= 0.6 is 0 Å². The van der Waals surface area contributed by atoms with Crippen LogP contribution in [0.1, 0.15) is 103 Å². The minimum Gasteiger partial charge on any atom is -0.505 e. The van der Waals surface area contributed by atoms with Gasteiger partial charge in [-0.1, -0.05) is 70.4 Å². The highest BCUT2D eigenvalue weighted by Crippen LogP contribution is 2.58. The average molecular weight is 695 g/mol. The molecule has 0 bridgehead atoms. The molecule has 1 atom stereocenters. The van der Waals surface area contributed by atoms with Gasteiger partial charge in [-0.15, -0.1) is 0 Å². The molecule has 9 heteroatoms. The molecular formula is C42H50N2O7. The van der Waals surface area contributed by atoms with Gasteiger partial charge in [0.1, 0.15) is 11.5 Å². The van der Waals surface area contributed by atoms with Gasteiger partial charge in [-0.05, 0) is 32.1 Å². The van der Waals surface area contributed by atoms with E-state index in [-0.39, 0.29) is 39.5 Å². The second-order valence-electron chi connectivity index (χ2n) is 13.8. The molecule has 5 aromatic carbocycles. The van der Waals surface area contributed by atoms with Crippen LogP contribution in [0.2, 0.25) is 0 Å². The largest absolute Gasteiger partial charge is 0.505 e. The molecule has 0 saturated heterocycles. The maximum atomic E-state index is 14.0. The topological polar surface area (TPSA) is 127 Å². The van der Waals surface area contributed by atoms with Gasteiger partial charge in [0.15, 0.2) is 28.1 Å². The highest BCUT2D eigenvalue weighted by Gasteiger charge is 2.36. The molecule has 1 unspecified atom stereocenters. The van der Waals surface area contributed by atoms with Gasteiger partial charge in [0, 0.05) is 74.9 Å². The summed E-state index contributed by atoms with van der Waals surface area (Å²) in [7, 11) is 4.47. The van der Waals surface area contributed by atoms with E-state index >= 15 is 0 Å². The van der Waals surface area contributed by atoms with E-state index in [9.17, 15) is 19.8 Å². The van der Waals surface area contributed by atoms with Crippen molar-refractivity contribution < 1.29 is 24.4 Å². The number of unbranched alkanes of at least 4 members (excludes halogenated alkanes) is 7. The minimum absolute atomic E-state index is 0.0883. The summed E-state index contributed by atoms with van der Waals surface area (Å²) >= 11 is 0. The number of nitrogens with one attached hydrogen (secondary N) is 1. The summed E-state index contributed by atoms with van der Waals surface area (Å²) in [6.07, 6.45) is 11.7. The number of rotatable bonds is 16. The van der Waals surface area contributed by atoms with Crippen LogP contribution in [-0.2, 0) is 0 Å². The summed E-state index contributed by atoms with van der Waals surface area (Å²) in [6, 6.07) is 2.72. The number of methoxy groups -OCH3 is 3. The SMILES string of the molecule is CCCCCCCN=C(C)C1C(C)=Cc2c(NCCCCCC)c(O)c3c(=O)cc(OC)c4c5c(OC)cc(=O)c6c(O)c(OC)c1c(c2c34)c65. The summed E-state index contributed by atoms with van der Waals surface area (Å²) in [4.78, 5) is 33.1. The van der Waals surface area contributed by atoms with Gasteiger partial charge < -0.3 is 29.7 Å². The Bertz CT molecular complexity index is 2290. The highest BCUT2D eigenvalue weighted by molar-refractivity contribution is 6.40. The third kappa shape index (κ3) is 5.84. The summed E-state index contributed by atoms with van der Waals surface area (Å²) in [5, 5.41) is 31.2. The van der Waals surface area contributed by atoms with E-state index in [4.69, 9.17) is 19.2 Å². The lowest BCUT2D eigenvalue weighted by molar-refractivity contribution is 0.373. The molecule has 0 aliphatic heterocycles. The van der Waals surface area contributed by atoms with Crippen LogP contribution < -0.4 is 30.4 Å². The standard InChI is InChI=1S/C42H50N2O7/c1-8-10-12-14-16-17-43-23(4)29-22(3)19-24-30-35-31(40(47)39(24)44-18-15-13-11-9-2)25(45)20-27(49-5)33(35)34-28(50-6)21-26(46)32-37(34)36(30)38(29)42(51-7)41(32)48/h19-21,29,44,47-48H,8-18H2,1-7H3. The lowest BCUT2D eigenvalue weighted by Gasteiger charge is -2.26. The third-order valence-electron chi connectivity index (χ3n) is 10.6. The van der Waals surface area contributed by atoms with Crippen LogP contribution in [0.25, 0.3) is 49.2 Å². The first-order valence-corrected chi connectivity index (χ1v) is 18.3.